The van der Waals surface area contributed by atoms with Crippen molar-refractivity contribution in [2.24, 2.45) is 5.92 Å². The van der Waals surface area contributed by atoms with Crippen LogP contribution in [0.3, 0.4) is 0 Å². The summed E-state index contributed by atoms with van der Waals surface area (Å²) in [7, 11) is 0. The van der Waals surface area contributed by atoms with Crippen LogP contribution in [-0.2, 0) is 9.59 Å². The molecule has 1 N–H and O–H groups in total. The molecule has 3 heterocycles. The lowest BCUT2D eigenvalue weighted by atomic mass is 9.96. The number of fused-ring (bicyclic) bond motifs is 1. The van der Waals surface area contributed by atoms with E-state index in [0.717, 1.165) is 42.5 Å². The zero-order valence-electron chi connectivity index (χ0n) is 17.0. The molecule has 3 aliphatic rings. The van der Waals surface area contributed by atoms with Crippen LogP contribution in [0, 0.1) is 5.92 Å². The number of rotatable bonds is 4. The Hall–Kier alpha value is -2.90. The third-order valence-corrected chi connectivity index (χ3v) is 6.48. The molecule has 1 unspecified atom stereocenters. The summed E-state index contributed by atoms with van der Waals surface area (Å²) in [5, 5.41) is 3.75. The number of nitrogens with one attached hydrogen (secondary N) is 1. The molecular weight excluding hydrogens is 382 g/mol. The van der Waals surface area contributed by atoms with Crippen LogP contribution in [-0.4, -0.2) is 65.5 Å². The molecule has 3 fully saturated rings. The van der Waals surface area contributed by atoms with Gasteiger partial charge in [0, 0.05) is 44.8 Å². The standard InChI is InChI=1S/C22H27N5O3/c28-20-7-4-15(13-23-20)22(29)27-10-8-26(9-11-27)16-5-6-19-18(12-16)21(25-14-24-19)30-17-2-1-3-17/h5-6,12,14-15,17H,1-4,7-11,13H2,(H,23,28). The second kappa shape index (κ2) is 8.08. The van der Waals surface area contributed by atoms with Crippen molar-refractivity contribution in [2.75, 3.05) is 37.6 Å². The number of hydrogen-bond acceptors (Lipinski definition) is 6. The van der Waals surface area contributed by atoms with E-state index in [9.17, 15) is 9.59 Å². The molecule has 1 saturated carbocycles. The van der Waals surface area contributed by atoms with Crippen molar-refractivity contribution >= 4 is 28.4 Å². The minimum atomic E-state index is -0.0849. The zero-order valence-corrected chi connectivity index (χ0v) is 17.0. The highest BCUT2D eigenvalue weighted by molar-refractivity contribution is 5.87. The Morgan fingerprint density at radius 1 is 1.10 bits per heavy atom. The lowest BCUT2D eigenvalue weighted by Gasteiger charge is -2.38. The Labute approximate surface area is 175 Å². The second-order valence-corrected chi connectivity index (χ2v) is 8.40. The molecule has 0 spiro atoms. The van der Waals surface area contributed by atoms with Crippen LogP contribution < -0.4 is 15.0 Å². The van der Waals surface area contributed by atoms with Gasteiger partial charge in [-0.25, -0.2) is 9.97 Å². The van der Waals surface area contributed by atoms with E-state index in [4.69, 9.17) is 4.74 Å². The smallest absolute Gasteiger partial charge is 0.227 e. The predicted octanol–water partition coefficient (Wildman–Crippen LogP) is 1.74. The molecule has 158 valence electrons. The quantitative estimate of drug-likeness (QED) is 0.828. The average molecular weight is 409 g/mol. The van der Waals surface area contributed by atoms with Gasteiger partial charge in [0.2, 0.25) is 17.7 Å². The van der Waals surface area contributed by atoms with E-state index < -0.39 is 0 Å². The lowest BCUT2D eigenvalue weighted by molar-refractivity contribution is -0.137. The van der Waals surface area contributed by atoms with E-state index in [-0.39, 0.29) is 23.8 Å². The number of piperazine rings is 1. The maximum Gasteiger partial charge on any atom is 0.227 e. The summed E-state index contributed by atoms with van der Waals surface area (Å²) in [5.41, 5.74) is 1.99. The number of aromatic nitrogens is 2. The summed E-state index contributed by atoms with van der Waals surface area (Å²) in [6.07, 6.45) is 6.33. The fourth-order valence-electron chi connectivity index (χ4n) is 4.34. The van der Waals surface area contributed by atoms with Gasteiger partial charge < -0.3 is 19.9 Å². The monoisotopic (exact) mass is 409 g/mol. The average Bonchev–Trinajstić information content (AvgIpc) is 2.76. The molecule has 1 aromatic heterocycles. The molecule has 1 atom stereocenters. The predicted molar refractivity (Wildman–Crippen MR) is 112 cm³/mol. The molecule has 2 amide bonds. The van der Waals surface area contributed by atoms with Gasteiger partial charge in [-0.2, -0.15) is 0 Å². The van der Waals surface area contributed by atoms with Gasteiger partial charge in [-0.05, 0) is 43.9 Å². The molecule has 0 radical (unpaired) electrons. The largest absolute Gasteiger partial charge is 0.474 e. The number of carbonyl (C=O) groups is 2. The molecule has 2 saturated heterocycles. The fourth-order valence-corrected chi connectivity index (χ4v) is 4.34. The molecular formula is C22H27N5O3. The van der Waals surface area contributed by atoms with Crippen LogP contribution in [0.2, 0.25) is 0 Å². The van der Waals surface area contributed by atoms with Gasteiger partial charge in [0.05, 0.1) is 16.8 Å². The van der Waals surface area contributed by atoms with Crippen molar-refractivity contribution in [3.05, 3.63) is 24.5 Å². The van der Waals surface area contributed by atoms with Crippen LogP contribution in [0.1, 0.15) is 32.1 Å². The Balaban J connectivity index is 1.26. The Bertz CT molecular complexity index is 943. The number of carbonyl (C=O) groups excluding carboxylic acids is 2. The summed E-state index contributed by atoms with van der Waals surface area (Å²) in [5.74, 6) is 0.792. The van der Waals surface area contributed by atoms with Gasteiger partial charge >= 0.3 is 0 Å². The number of amides is 2. The van der Waals surface area contributed by atoms with E-state index in [1.54, 1.807) is 6.33 Å². The molecule has 8 heteroatoms. The van der Waals surface area contributed by atoms with Crippen LogP contribution in [0.15, 0.2) is 24.5 Å². The number of ether oxygens (including phenoxy) is 1. The molecule has 1 aliphatic carbocycles. The van der Waals surface area contributed by atoms with Gasteiger partial charge in [0.1, 0.15) is 12.4 Å². The molecule has 8 nitrogen and oxygen atoms in total. The Morgan fingerprint density at radius 2 is 1.93 bits per heavy atom. The number of piperidine rings is 1. The van der Waals surface area contributed by atoms with E-state index in [2.05, 4.69) is 32.3 Å². The van der Waals surface area contributed by atoms with Crippen molar-refractivity contribution in [1.82, 2.24) is 20.2 Å². The van der Waals surface area contributed by atoms with Crippen molar-refractivity contribution in [1.29, 1.82) is 0 Å². The number of nitrogens with zero attached hydrogens (tertiary/aromatic N) is 4. The lowest BCUT2D eigenvalue weighted by Crippen LogP contribution is -2.52. The first-order valence-electron chi connectivity index (χ1n) is 10.9. The van der Waals surface area contributed by atoms with Gasteiger partial charge in [0.25, 0.3) is 0 Å². The first-order chi connectivity index (χ1) is 14.7. The topological polar surface area (TPSA) is 87.7 Å². The first-order valence-corrected chi connectivity index (χ1v) is 10.9. The summed E-state index contributed by atoms with van der Waals surface area (Å²) >= 11 is 0. The molecule has 5 rings (SSSR count). The van der Waals surface area contributed by atoms with Crippen LogP contribution in [0.5, 0.6) is 5.88 Å². The highest BCUT2D eigenvalue weighted by Crippen LogP contribution is 2.31. The third kappa shape index (κ3) is 3.78. The van der Waals surface area contributed by atoms with Crippen LogP contribution in [0.25, 0.3) is 10.9 Å². The molecule has 2 aromatic rings. The van der Waals surface area contributed by atoms with E-state index >= 15 is 0 Å². The molecule has 1 aromatic carbocycles. The summed E-state index contributed by atoms with van der Waals surface area (Å²) in [6.45, 7) is 3.41. The van der Waals surface area contributed by atoms with Crippen molar-refractivity contribution in [3.8, 4) is 5.88 Å². The minimum absolute atomic E-state index is 0.0461. The molecule has 0 bridgehead atoms. The summed E-state index contributed by atoms with van der Waals surface area (Å²) in [6, 6.07) is 6.20. The summed E-state index contributed by atoms with van der Waals surface area (Å²) < 4.78 is 6.08. The molecule has 2 aliphatic heterocycles. The van der Waals surface area contributed by atoms with Gasteiger partial charge in [-0.1, -0.05) is 0 Å². The first kappa shape index (κ1) is 19.1. The maximum absolute atomic E-state index is 12.8. The van der Waals surface area contributed by atoms with E-state index in [1.165, 1.54) is 6.42 Å². The maximum atomic E-state index is 12.8. The number of benzene rings is 1. The van der Waals surface area contributed by atoms with Crippen LogP contribution in [0.4, 0.5) is 5.69 Å². The van der Waals surface area contributed by atoms with Crippen molar-refractivity contribution in [2.45, 2.75) is 38.2 Å². The van der Waals surface area contributed by atoms with Crippen molar-refractivity contribution in [3.63, 3.8) is 0 Å². The normalized spacial score (nSPS) is 22.5. The minimum Gasteiger partial charge on any atom is -0.474 e. The SMILES string of the molecule is O=C1CCC(C(=O)N2CCN(c3ccc4ncnc(OC5CCC5)c4c3)CC2)CN1. The Morgan fingerprint density at radius 3 is 2.63 bits per heavy atom. The summed E-state index contributed by atoms with van der Waals surface area (Å²) in [4.78, 5) is 37.1. The van der Waals surface area contributed by atoms with Gasteiger partial charge in [0.15, 0.2) is 0 Å². The Kier molecular flexibility index (Phi) is 5.14. The van der Waals surface area contributed by atoms with Gasteiger partial charge in [-0.3, -0.25) is 9.59 Å². The van der Waals surface area contributed by atoms with E-state index in [0.29, 0.717) is 38.4 Å². The zero-order chi connectivity index (χ0) is 20.5. The van der Waals surface area contributed by atoms with Gasteiger partial charge in [-0.15, -0.1) is 0 Å². The third-order valence-electron chi connectivity index (χ3n) is 6.48. The second-order valence-electron chi connectivity index (χ2n) is 8.40. The fraction of sp³-hybridized carbons (Fsp3) is 0.545. The van der Waals surface area contributed by atoms with Crippen molar-refractivity contribution < 1.29 is 14.3 Å². The highest BCUT2D eigenvalue weighted by atomic mass is 16.5. The van der Waals surface area contributed by atoms with E-state index in [1.807, 2.05) is 11.0 Å². The molecule has 30 heavy (non-hydrogen) atoms. The number of anilines is 1. The van der Waals surface area contributed by atoms with Crippen LogP contribution >= 0.6 is 0 Å². The highest BCUT2D eigenvalue weighted by Gasteiger charge is 2.30. The number of hydrogen-bond donors (Lipinski definition) is 1.